The molecule has 1 aliphatic heterocycles. The van der Waals surface area contributed by atoms with Crippen molar-refractivity contribution in [3.05, 3.63) is 35.1 Å². The number of nitrogens with zero attached hydrogens (tertiary/aromatic N) is 1. The van der Waals surface area contributed by atoms with Crippen LogP contribution in [0.5, 0.6) is 0 Å². The molecule has 0 saturated carbocycles. The third-order valence-electron chi connectivity index (χ3n) is 3.46. The molecule has 19 heavy (non-hydrogen) atoms. The van der Waals surface area contributed by atoms with Crippen LogP contribution in [-0.2, 0) is 6.54 Å². The molecule has 5 heteroatoms. The number of halogens is 3. The van der Waals surface area contributed by atoms with Gasteiger partial charge in [-0.05, 0) is 38.9 Å². The number of benzene rings is 1. The van der Waals surface area contributed by atoms with E-state index in [-0.39, 0.29) is 18.2 Å². The molecule has 2 nitrogen and oxygen atoms in total. The Morgan fingerprint density at radius 3 is 2.42 bits per heavy atom. The molecule has 106 valence electrons. The van der Waals surface area contributed by atoms with Gasteiger partial charge in [0.05, 0.1) is 0 Å². The van der Waals surface area contributed by atoms with Crippen molar-refractivity contribution in [3.63, 3.8) is 0 Å². The summed E-state index contributed by atoms with van der Waals surface area (Å²) in [6.45, 7) is 5.32. The monoisotopic (exact) mass is 272 g/mol. The van der Waals surface area contributed by atoms with Gasteiger partial charge < -0.3 is 10.2 Å². The Balaban J connectivity index is 1.85. The summed E-state index contributed by atoms with van der Waals surface area (Å²) in [5, 5.41) is 3.14. The SMILES string of the molecule is CC(CN1CCCC1)NCc1cc(F)c(F)cc1F. The first kappa shape index (κ1) is 14.3. The number of hydrogen-bond donors (Lipinski definition) is 1. The fourth-order valence-electron chi connectivity index (χ4n) is 2.40. The van der Waals surface area contributed by atoms with Crippen molar-refractivity contribution in [2.75, 3.05) is 19.6 Å². The third-order valence-corrected chi connectivity index (χ3v) is 3.46. The Morgan fingerprint density at radius 1 is 1.11 bits per heavy atom. The number of hydrogen-bond acceptors (Lipinski definition) is 2. The second-order valence-corrected chi connectivity index (χ2v) is 5.15. The summed E-state index contributed by atoms with van der Waals surface area (Å²) in [5.74, 6) is -2.86. The zero-order valence-electron chi connectivity index (χ0n) is 11.1. The molecule has 0 aliphatic carbocycles. The minimum absolute atomic E-state index is 0.159. The first-order chi connectivity index (χ1) is 9.06. The van der Waals surface area contributed by atoms with Gasteiger partial charge in [0, 0.05) is 30.8 Å². The average Bonchev–Trinajstić information content (AvgIpc) is 2.85. The van der Waals surface area contributed by atoms with Gasteiger partial charge in [-0.15, -0.1) is 0 Å². The van der Waals surface area contributed by atoms with Crippen LogP contribution < -0.4 is 5.32 Å². The molecule has 1 aliphatic rings. The molecular formula is C14H19F3N2. The van der Waals surface area contributed by atoms with Gasteiger partial charge in [-0.3, -0.25) is 0 Å². The van der Waals surface area contributed by atoms with Crippen LogP contribution in [0.3, 0.4) is 0 Å². The van der Waals surface area contributed by atoms with Crippen molar-refractivity contribution < 1.29 is 13.2 Å². The molecular weight excluding hydrogens is 253 g/mol. The molecule has 1 heterocycles. The first-order valence-electron chi connectivity index (χ1n) is 6.65. The molecule has 1 N–H and O–H groups in total. The van der Waals surface area contributed by atoms with Crippen LogP contribution in [0.25, 0.3) is 0 Å². The second-order valence-electron chi connectivity index (χ2n) is 5.15. The summed E-state index contributed by atoms with van der Waals surface area (Å²) in [7, 11) is 0. The summed E-state index contributed by atoms with van der Waals surface area (Å²) in [6.07, 6.45) is 2.45. The Labute approximate surface area is 111 Å². The van der Waals surface area contributed by atoms with Crippen molar-refractivity contribution in [1.82, 2.24) is 10.2 Å². The first-order valence-corrected chi connectivity index (χ1v) is 6.65. The summed E-state index contributed by atoms with van der Waals surface area (Å²) >= 11 is 0. The van der Waals surface area contributed by atoms with Gasteiger partial charge in [-0.1, -0.05) is 0 Å². The van der Waals surface area contributed by atoms with E-state index in [4.69, 9.17) is 0 Å². The van der Waals surface area contributed by atoms with Gasteiger partial charge in [0.1, 0.15) is 5.82 Å². The van der Waals surface area contributed by atoms with Crippen molar-refractivity contribution in [3.8, 4) is 0 Å². The average molecular weight is 272 g/mol. The van der Waals surface area contributed by atoms with E-state index in [0.717, 1.165) is 25.7 Å². The molecule has 0 amide bonds. The van der Waals surface area contributed by atoms with Gasteiger partial charge in [0.25, 0.3) is 0 Å². The smallest absolute Gasteiger partial charge is 0.161 e. The lowest BCUT2D eigenvalue weighted by atomic mass is 10.2. The molecule has 1 atom stereocenters. The van der Waals surface area contributed by atoms with Crippen molar-refractivity contribution in [1.29, 1.82) is 0 Å². The summed E-state index contributed by atoms with van der Waals surface area (Å²) in [5.41, 5.74) is 0.159. The van der Waals surface area contributed by atoms with E-state index in [1.807, 2.05) is 6.92 Å². The normalized spacial score (nSPS) is 17.9. The van der Waals surface area contributed by atoms with Crippen molar-refractivity contribution in [2.45, 2.75) is 32.4 Å². The Morgan fingerprint density at radius 2 is 1.74 bits per heavy atom. The molecule has 0 aromatic heterocycles. The van der Waals surface area contributed by atoms with Crippen LogP contribution in [0.2, 0.25) is 0 Å². The van der Waals surface area contributed by atoms with Gasteiger partial charge >= 0.3 is 0 Å². The molecule has 2 rings (SSSR count). The Hall–Kier alpha value is -1.07. The predicted molar refractivity (Wildman–Crippen MR) is 68.3 cm³/mol. The Bertz CT molecular complexity index is 431. The number of likely N-dealkylation sites (tertiary alicyclic amines) is 1. The summed E-state index contributed by atoms with van der Waals surface area (Å²) in [4.78, 5) is 2.35. The van der Waals surface area contributed by atoms with Crippen molar-refractivity contribution in [2.24, 2.45) is 0 Å². The van der Waals surface area contributed by atoms with Crippen LogP contribution in [0, 0.1) is 17.5 Å². The highest BCUT2D eigenvalue weighted by Crippen LogP contribution is 2.14. The van der Waals surface area contributed by atoms with Gasteiger partial charge in [-0.25, -0.2) is 13.2 Å². The minimum Gasteiger partial charge on any atom is -0.309 e. The fraction of sp³-hybridized carbons (Fsp3) is 0.571. The molecule has 1 aromatic carbocycles. The molecule has 1 fully saturated rings. The van der Waals surface area contributed by atoms with Crippen LogP contribution in [0.15, 0.2) is 12.1 Å². The molecule has 1 saturated heterocycles. The lowest BCUT2D eigenvalue weighted by Crippen LogP contribution is -2.37. The van der Waals surface area contributed by atoms with E-state index in [1.54, 1.807) is 0 Å². The maximum atomic E-state index is 13.4. The van der Waals surface area contributed by atoms with Crippen LogP contribution in [-0.4, -0.2) is 30.6 Å². The van der Waals surface area contributed by atoms with Gasteiger partial charge in [-0.2, -0.15) is 0 Å². The zero-order valence-corrected chi connectivity index (χ0v) is 11.1. The van der Waals surface area contributed by atoms with Gasteiger partial charge in [0.2, 0.25) is 0 Å². The van der Waals surface area contributed by atoms with E-state index in [1.165, 1.54) is 12.8 Å². The maximum absolute atomic E-state index is 13.4. The maximum Gasteiger partial charge on any atom is 0.161 e. The quantitative estimate of drug-likeness (QED) is 0.829. The molecule has 1 unspecified atom stereocenters. The van der Waals surface area contributed by atoms with E-state index in [2.05, 4.69) is 10.2 Å². The molecule has 0 spiro atoms. The molecule has 0 radical (unpaired) electrons. The highest BCUT2D eigenvalue weighted by atomic mass is 19.2. The van der Waals surface area contributed by atoms with E-state index in [9.17, 15) is 13.2 Å². The highest BCUT2D eigenvalue weighted by molar-refractivity contribution is 5.20. The number of rotatable bonds is 5. The van der Waals surface area contributed by atoms with E-state index < -0.39 is 17.5 Å². The summed E-state index contributed by atoms with van der Waals surface area (Å²) in [6, 6.07) is 1.70. The van der Waals surface area contributed by atoms with Crippen LogP contribution in [0.4, 0.5) is 13.2 Å². The largest absolute Gasteiger partial charge is 0.309 e. The van der Waals surface area contributed by atoms with E-state index >= 15 is 0 Å². The van der Waals surface area contributed by atoms with Crippen molar-refractivity contribution >= 4 is 0 Å². The Kier molecular flexibility index (Phi) is 4.82. The van der Waals surface area contributed by atoms with Crippen LogP contribution >= 0.6 is 0 Å². The van der Waals surface area contributed by atoms with E-state index in [0.29, 0.717) is 6.07 Å². The standard InChI is InChI=1S/C14H19F3N2/c1-10(9-19-4-2-3-5-19)18-8-11-6-13(16)14(17)7-12(11)15/h6-7,10,18H,2-5,8-9H2,1H3. The minimum atomic E-state index is -1.15. The van der Waals surface area contributed by atoms with Crippen LogP contribution in [0.1, 0.15) is 25.3 Å². The highest BCUT2D eigenvalue weighted by Gasteiger charge is 2.15. The fourth-order valence-corrected chi connectivity index (χ4v) is 2.40. The lowest BCUT2D eigenvalue weighted by Gasteiger charge is -2.21. The number of nitrogens with one attached hydrogen (secondary N) is 1. The molecule has 0 bridgehead atoms. The second kappa shape index (κ2) is 6.39. The molecule has 1 aromatic rings. The predicted octanol–water partition coefficient (Wildman–Crippen LogP) is 2.68. The lowest BCUT2D eigenvalue weighted by molar-refractivity contribution is 0.297. The summed E-state index contributed by atoms with van der Waals surface area (Å²) < 4.78 is 39.2. The van der Waals surface area contributed by atoms with Gasteiger partial charge in [0.15, 0.2) is 11.6 Å². The third kappa shape index (κ3) is 3.94. The zero-order chi connectivity index (χ0) is 13.8. The topological polar surface area (TPSA) is 15.3 Å².